The van der Waals surface area contributed by atoms with E-state index in [1.165, 1.54) is 11.7 Å². The molecule has 0 fully saturated rings. The summed E-state index contributed by atoms with van der Waals surface area (Å²) in [7, 11) is 1.56. The van der Waals surface area contributed by atoms with Crippen molar-refractivity contribution < 1.29 is 19.1 Å². The Morgan fingerprint density at radius 1 is 1.03 bits per heavy atom. The third-order valence-electron chi connectivity index (χ3n) is 4.55. The number of anilines is 1. The fraction of sp³-hybridized carbons (Fsp3) is 0.273. The Kier molecular flexibility index (Phi) is 6.15. The number of benzene rings is 2. The average molecular weight is 408 g/mol. The van der Waals surface area contributed by atoms with Gasteiger partial charge >= 0.3 is 5.97 Å². The van der Waals surface area contributed by atoms with Crippen LogP contribution in [0.5, 0.6) is 5.75 Å². The van der Waals surface area contributed by atoms with Gasteiger partial charge in [-0.1, -0.05) is 17.7 Å². The van der Waals surface area contributed by atoms with Crippen LogP contribution in [0.1, 0.15) is 34.2 Å². The Hall–Kier alpha value is -3.68. The van der Waals surface area contributed by atoms with Crippen molar-refractivity contribution in [2.75, 3.05) is 12.4 Å². The van der Waals surface area contributed by atoms with Crippen molar-refractivity contribution in [1.82, 2.24) is 15.0 Å². The van der Waals surface area contributed by atoms with Crippen molar-refractivity contribution in [2.45, 2.75) is 33.8 Å². The zero-order valence-electron chi connectivity index (χ0n) is 17.6. The minimum Gasteiger partial charge on any atom is -0.497 e. The first-order valence-electron chi connectivity index (χ1n) is 9.46. The maximum Gasteiger partial charge on any atom is 0.361 e. The summed E-state index contributed by atoms with van der Waals surface area (Å²) in [5.74, 6) is -0.483. The predicted molar refractivity (Wildman–Crippen MR) is 112 cm³/mol. The fourth-order valence-electron chi connectivity index (χ4n) is 2.89. The van der Waals surface area contributed by atoms with Gasteiger partial charge in [0.2, 0.25) is 0 Å². The number of amides is 1. The molecule has 3 rings (SSSR count). The molecule has 0 saturated heterocycles. The van der Waals surface area contributed by atoms with Gasteiger partial charge in [0.1, 0.15) is 5.75 Å². The first kappa shape index (κ1) is 21.0. The molecule has 156 valence electrons. The van der Waals surface area contributed by atoms with Crippen LogP contribution in [0.2, 0.25) is 0 Å². The molecule has 1 aromatic heterocycles. The molecule has 1 amide bonds. The molecule has 0 aliphatic rings. The zero-order valence-corrected chi connectivity index (χ0v) is 17.6. The molecule has 0 bridgehead atoms. The molecule has 0 radical (unpaired) electrons. The number of carbonyl (C=O) groups is 2. The van der Waals surface area contributed by atoms with Gasteiger partial charge in [-0.25, -0.2) is 4.79 Å². The number of hydrogen-bond donors (Lipinski definition) is 1. The van der Waals surface area contributed by atoms with E-state index in [-0.39, 0.29) is 5.69 Å². The van der Waals surface area contributed by atoms with Crippen molar-refractivity contribution in [2.24, 2.45) is 0 Å². The van der Waals surface area contributed by atoms with Gasteiger partial charge in [0.05, 0.1) is 18.5 Å². The van der Waals surface area contributed by atoms with E-state index in [9.17, 15) is 9.59 Å². The minimum atomic E-state index is -1.01. The Morgan fingerprint density at radius 3 is 2.37 bits per heavy atom. The van der Waals surface area contributed by atoms with Crippen molar-refractivity contribution in [1.29, 1.82) is 0 Å². The van der Waals surface area contributed by atoms with Gasteiger partial charge in [-0.15, -0.1) is 5.10 Å². The highest BCUT2D eigenvalue weighted by molar-refractivity contribution is 5.97. The zero-order chi connectivity index (χ0) is 21.8. The molecule has 0 unspecified atom stereocenters. The summed E-state index contributed by atoms with van der Waals surface area (Å²) in [6.45, 7) is 7.12. The lowest BCUT2D eigenvalue weighted by molar-refractivity contribution is -0.123. The summed E-state index contributed by atoms with van der Waals surface area (Å²) < 4.78 is 10.4. The van der Waals surface area contributed by atoms with Gasteiger partial charge in [-0.05, 0) is 63.6 Å². The summed E-state index contributed by atoms with van der Waals surface area (Å²) in [5.41, 5.74) is 3.93. The largest absolute Gasteiger partial charge is 0.497 e. The quantitative estimate of drug-likeness (QED) is 0.628. The Morgan fingerprint density at radius 2 is 1.73 bits per heavy atom. The third kappa shape index (κ3) is 4.65. The Bertz CT molecular complexity index is 1070. The molecular weight excluding hydrogens is 384 g/mol. The van der Waals surface area contributed by atoms with Crippen LogP contribution in [0.4, 0.5) is 5.69 Å². The van der Waals surface area contributed by atoms with Gasteiger partial charge in [-0.2, -0.15) is 9.90 Å². The molecule has 1 heterocycles. The van der Waals surface area contributed by atoms with Crippen molar-refractivity contribution in [3.63, 3.8) is 0 Å². The lowest BCUT2D eigenvalue weighted by atomic mass is 10.1. The summed E-state index contributed by atoms with van der Waals surface area (Å²) in [6, 6.07) is 12.7. The number of ether oxygens (including phenoxy) is 2. The fourth-order valence-corrected chi connectivity index (χ4v) is 2.89. The molecule has 1 atom stereocenters. The van der Waals surface area contributed by atoms with Crippen LogP contribution in [0, 0.1) is 20.8 Å². The molecule has 0 spiro atoms. The lowest BCUT2D eigenvalue weighted by Gasteiger charge is -2.13. The van der Waals surface area contributed by atoms with E-state index in [0.29, 0.717) is 17.1 Å². The first-order chi connectivity index (χ1) is 14.3. The van der Waals surface area contributed by atoms with Gasteiger partial charge < -0.3 is 14.8 Å². The number of nitrogens with one attached hydrogen (secondary N) is 1. The molecule has 2 aromatic carbocycles. The first-order valence-corrected chi connectivity index (χ1v) is 9.46. The molecule has 8 heteroatoms. The van der Waals surface area contributed by atoms with Crippen molar-refractivity contribution in [3.05, 3.63) is 65.0 Å². The topological polar surface area (TPSA) is 95.3 Å². The predicted octanol–water partition coefficient (Wildman–Crippen LogP) is 3.39. The van der Waals surface area contributed by atoms with E-state index in [1.807, 2.05) is 32.0 Å². The van der Waals surface area contributed by atoms with E-state index in [4.69, 9.17) is 9.47 Å². The Balaban J connectivity index is 1.69. The standard InChI is InChI=1S/C22H24N4O4/c1-13-6-11-19(14(2)12-13)26-24-15(3)20(25-26)22(28)30-16(4)21(27)23-17-7-9-18(29-5)10-8-17/h6-12,16H,1-5H3,(H,23,27)/t16-/m0/s1. The number of carbonyl (C=O) groups excluding carboxylic acids is 2. The average Bonchev–Trinajstić information content (AvgIpc) is 3.09. The molecule has 8 nitrogen and oxygen atoms in total. The lowest BCUT2D eigenvalue weighted by Crippen LogP contribution is -2.30. The van der Waals surface area contributed by atoms with Crippen LogP contribution in [0.25, 0.3) is 5.69 Å². The molecule has 0 saturated carbocycles. The van der Waals surface area contributed by atoms with Gasteiger partial charge in [0, 0.05) is 5.69 Å². The minimum absolute atomic E-state index is 0.0686. The summed E-state index contributed by atoms with van der Waals surface area (Å²) in [4.78, 5) is 26.3. The van der Waals surface area contributed by atoms with Crippen LogP contribution >= 0.6 is 0 Å². The SMILES string of the molecule is COc1ccc(NC(=O)[C@H](C)OC(=O)c2nn(-c3ccc(C)cc3C)nc2C)cc1. The molecule has 0 aliphatic carbocycles. The van der Waals surface area contributed by atoms with Crippen LogP contribution in [-0.4, -0.2) is 40.1 Å². The maximum atomic E-state index is 12.6. The molecular formula is C22H24N4O4. The second kappa shape index (κ2) is 8.77. The van der Waals surface area contributed by atoms with Crippen LogP contribution < -0.4 is 10.1 Å². The van der Waals surface area contributed by atoms with Crippen LogP contribution in [-0.2, 0) is 9.53 Å². The number of aryl methyl sites for hydroxylation is 3. The van der Waals surface area contributed by atoms with Crippen molar-refractivity contribution in [3.8, 4) is 11.4 Å². The maximum absolute atomic E-state index is 12.6. The van der Waals surface area contributed by atoms with Crippen LogP contribution in [0.3, 0.4) is 0 Å². The van der Waals surface area contributed by atoms with Crippen molar-refractivity contribution >= 4 is 17.6 Å². The molecule has 1 N–H and O–H groups in total. The Labute approximate surface area is 174 Å². The van der Waals surface area contributed by atoms with E-state index >= 15 is 0 Å². The van der Waals surface area contributed by atoms with Crippen LogP contribution in [0.15, 0.2) is 42.5 Å². The van der Waals surface area contributed by atoms with E-state index in [0.717, 1.165) is 16.8 Å². The highest BCUT2D eigenvalue weighted by Crippen LogP contribution is 2.17. The van der Waals surface area contributed by atoms with E-state index in [2.05, 4.69) is 15.5 Å². The normalized spacial score (nSPS) is 11.6. The number of aromatic nitrogens is 3. The second-order valence-corrected chi connectivity index (χ2v) is 6.98. The third-order valence-corrected chi connectivity index (χ3v) is 4.55. The summed E-state index contributed by atoms with van der Waals surface area (Å²) >= 11 is 0. The molecule has 3 aromatic rings. The molecule has 30 heavy (non-hydrogen) atoms. The highest BCUT2D eigenvalue weighted by Gasteiger charge is 2.24. The van der Waals surface area contributed by atoms with E-state index < -0.39 is 18.0 Å². The number of hydrogen-bond acceptors (Lipinski definition) is 6. The summed E-state index contributed by atoms with van der Waals surface area (Å²) in [6.07, 6.45) is -1.01. The van der Waals surface area contributed by atoms with Gasteiger partial charge in [0.15, 0.2) is 11.8 Å². The monoisotopic (exact) mass is 408 g/mol. The molecule has 0 aliphatic heterocycles. The second-order valence-electron chi connectivity index (χ2n) is 6.98. The van der Waals surface area contributed by atoms with E-state index in [1.54, 1.807) is 38.3 Å². The van der Waals surface area contributed by atoms with Gasteiger partial charge in [-0.3, -0.25) is 4.79 Å². The number of rotatable bonds is 6. The number of methoxy groups -OCH3 is 1. The highest BCUT2D eigenvalue weighted by atomic mass is 16.5. The summed E-state index contributed by atoms with van der Waals surface area (Å²) in [5, 5.41) is 11.3. The van der Waals surface area contributed by atoms with Gasteiger partial charge in [0.25, 0.3) is 5.91 Å². The smallest absolute Gasteiger partial charge is 0.361 e. The number of nitrogens with zero attached hydrogens (tertiary/aromatic N) is 3. The number of esters is 1.